The average molecular weight is 387 g/mol. The lowest BCUT2D eigenvalue weighted by molar-refractivity contribution is 0.337. The Morgan fingerprint density at radius 1 is 1.24 bits per heavy atom. The standard InChI is InChI=1S/C23H25N5O/c1-2-20-21(23(24)25)22(27-28(20)17-12-14-26-15-13-17)16-8-10-19(11-9-16)29-18-6-4-3-5-7-18/h2-4,6,8-11,17,26H,12-15,24-25H2,1H3/b20-2+. The number of rotatable bonds is 4. The summed E-state index contributed by atoms with van der Waals surface area (Å²) in [4.78, 5) is 0. The first kappa shape index (κ1) is 18.9. The van der Waals surface area contributed by atoms with Gasteiger partial charge in [0.05, 0.1) is 16.6 Å². The van der Waals surface area contributed by atoms with Gasteiger partial charge in [-0.25, -0.2) is 0 Å². The van der Waals surface area contributed by atoms with E-state index in [0.717, 1.165) is 53.5 Å². The third kappa shape index (κ3) is 3.91. The van der Waals surface area contributed by atoms with Crippen LogP contribution in [0.1, 0.15) is 25.8 Å². The van der Waals surface area contributed by atoms with E-state index in [2.05, 4.69) is 21.5 Å². The van der Waals surface area contributed by atoms with E-state index in [1.165, 1.54) is 0 Å². The first-order valence-electron chi connectivity index (χ1n) is 9.85. The first-order valence-corrected chi connectivity index (χ1v) is 9.85. The van der Waals surface area contributed by atoms with Gasteiger partial charge in [0.1, 0.15) is 17.3 Å². The topological polar surface area (TPSA) is 91.1 Å². The molecule has 0 atom stereocenters. The maximum Gasteiger partial charge on any atom is 0.177 e. The fraction of sp³-hybridized carbons (Fsp3) is 0.261. The van der Waals surface area contributed by atoms with Crippen LogP contribution < -0.4 is 32.1 Å². The molecule has 1 saturated heterocycles. The number of hydrogen-bond donors (Lipinski definition) is 3. The number of nitrogens with one attached hydrogen (secondary N) is 1. The fourth-order valence-corrected chi connectivity index (χ4v) is 3.75. The molecule has 2 aliphatic rings. The van der Waals surface area contributed by atoms with Crippen molar-refractivity contribution in [2.24, 2.45) is 11.5 Å². The summed E-state index contributed by atoms with van der Waals surface area (Å²) >= 11 is 0. The van der Waals surface area contributed by atoms with Crippen LogP contribution in [-0.2, 0) is 0 Å². The summed E-state index contributed by atoms with van der Waals surface area (Å²) in [7, 11) is 0. The zero-order valence-corrected chi connectivity index (χ0v) is 16.5. The highest BCUT2D eigenvalue weighted by atomic mass is 16.5. The number of piperidine rings is 1. The molecular weight excluding hydrogens is 362 g/mol. The van der Waals surface area contributed by atoms with Crippen LogP contribution in [0.2, 0.25) is 0 Å². The zero-order valence-electron chi connectivity index (χ0n) is 16.5. The predicted octanol–water partition coefficient (Wildman–Crippen LogP) is 1.40. The molecule has 0 unspecified atom stereocenters. The third-order valence-electron chi connectivity index (χ3n) is 5.14. The molecule has 1 aliphatic heterocycles. The SMILES string of the molecule is C/C=c1\c(=C(N)N)c(-c2ccc(OC3=C=C=CC=C3)cc2)nn1C1CCNCC1. The van der Waals surface area contributed by atoms with E-state index in [1.54, 1.807) is 6.08 Å². The van der Waals surface area contributed by atoms with Crippen molar-refractivity contribution < 1.29 is 4.74 Å². The Labute approximate surface area is 169 Å². The fourth-order valence-electron chi connectivity index (χ4n) is 3.75. The molecule has 0 saturated carbocycles. The molecule has 2 aromatic rings. The van der Waals surface area contributed by atoms with Gasteiger partial charge < -0.3 is 21.5 Å². The van der Waals surface area contributed by atoms with Gasteiger partial charge in [0.15, 0.2) is 5.76 Å². The molecular formula is C23H25N5O. The van der Waals surface area contributed by atoms with Crippen molar-refractivity contribution in [3.8, 4) is 17.0 Å². The zero-order chi connectivity index (χ0) is 20.2. The van der Waals surface area contributed by atoms with Gasteiger partial charge in [0.2, 0.25) is 0 Å². The number of nitrogens with zero attached hydrogens (tertiary/aromatic N) is 2. The van der Waals surface area contributed by atoms with Gasteiger partial charge >= 0.3 is 0 Å². The second-order valence-electron chi connectivity index (χ2n) is 7.06. The number of nitrogens with two attached hydrogens (primary N) is 2. The smallest absolute Gasteiger partial charge is 0.177 e. The lowest BCUT2D eigenvalue weighted by atomic mass is 10.1. The van der Waals surface area contributed by atoms with E-state index in [4.69, 9.17) is 21.3 Å². The van der Waals surface area contributed by atoms with E-state index < -0.39 is 0 Å². The van der Waals surface area contributed by atoms with Crippen molar-refractivity contribution in [1.29, 1.82) is 0 Å². The molecule has 2 heterocycles. The summed E-state index contributed by atoms with van der Waals surface area (Å²) in [5.74, 6) is 1.62. The highest BCUT2D eigenvalue weighted by Crippen LogP contribution is 2.22. The normalized spacial score (nSPS) is 16.9. The Bertz CT molecular complexity index is 1150. The van der Waals surface area contributed by atoms with Gasteiger partial charge in [0.25, 0.3) is 0 Å². The molecule has 0 spiro atoms. The minimum atomic E-state index is 0.281. The summed E-state index contributed by atoms with van der Waals surface area (Å²) in [6, 6.07) is 8.10. The molecule has 148 valence electrons. The Morgan fingerprint density at radius 2 is 2.00 bits per heavy atom. The van der Waals surface area contributed by atoms with Gasteiger partial charge in [-0.15, -0.1) is 0 Å². The molecule has 1 aromatic carbocycles. The number of ether oxygens (including phenoxy) is 1. The summed E-state index contributed by atoms with van der Waals surface area (Å²) in [6.45, 7) is 3.97. The predicted molar refractivity (Wildman–Crippen MR) is 115 cm³/mol. The van der Waals surface area contributed by atoms with E-state index in [9.17, 15) is 0 Å². The first-order chi connectivity index (χ1) is 14.2. The number of aromatic nitrogens is 2. The second-order valence-corrected chi connectivity index (χ2v) is 7.06. The Hall–Kier alpha value is -3.43. The Kier molecular flexibility index (Phi) is 5.41. The van der Waals surface area contributed by atoms with E-state index in [1.807, 2.05) is 49.4 Å². The van der Waals surface area contributed by atoms with Crippen molar-refractivity contribution in [3.63, 3.8) is 0 Å². The summed E-state index contributed by atoms with van der Waals surface area (Å²) < 4.78 is 7.90. The molecule has 1 fully saturated rings. The van der Waals surface area contributed by atoms with E-state index in [-0.39, 0.29) is 5.82 Å². The molecule has 4 rings (SSSR count). The van der Waals surface area contributed by atoms with Crippen LogP contribution in [-0.4, -0.2) is 22.9 Å². The maximum atomic E-state index is 6.08. The molecule has 0 amide bonds. The maximum absolute atomic E-state index is 6.08. The number of allylic oxidation sites excluding steroid dienone is 3. The third-order valence-corrected chi connectivity index (χ3v) is 5.14. The minimum absolute atomic E-state index is 0.281. The summed E-state index contributed by atoms with van der Waals surface area (Å²) in [5, 5.41) is 10.1. The van der Waals surface area contributed by atoms with E-state index >= 15 is 0 Å². The molecule has 6 nitrogen and oxygen atoms in total. The van der Waals surface area contributed by atoms with Crippen molar-refractivity contribution in [2.45, 2.75) is 25.8 Å². The lowest BCUT2D eigenvalue weighted by Gasteiger charge is -2.23. The molecule has 0 bridgehead atoms. The highest BCUT2D eigenvalue weighted by Gasteiger charge is 2.20. The van der Waals surface area contributed by atoms with Gasteiger partial charge in [-0.1, -0.05) is 11.8 Å². The summed E-state index contributed by atoms with van der Waals surface area (Å²) in [6.07, 6.45) is 9.59. The van der Waals surface area contributed by atoms with Crippen LogP contribution in [0.15, 0.2) is 59.7 Å². The summed E-state index contributed by atoms with van der Waals surface area (Å²) in [5.41, 5.74) is 19.7. The second kappa shape index (κ2) is 8.29. The van der Waals surface area contributed by atoms with Crippen molar-refractivity contribution in [3.05, 3.63) is 70.3 Å². The van der Waals surface area contributed by atoms with Crippen LogP contribution in [0.4, 0.5) is 0 Å². The Balaban J connectivity index is 1.73. The van der Waals surface area contributed by atoms with Crippen LogP contribution in [0.5, 0.6) is 5.75 Å². The molecule has 29 heavy (non-hydrogen) atoms. The lowest BCUT2D eigenvalue weighted by Crippen LogP contribution is -2.40. The quantitative estimate of drug-likeness (QED) is 0.690. The molecule has 1 aromatic heterocycles. The molecule has 6 heteroatoms. The van der Waals surface area contributed by atoms with Crippen LogP contribution in [0.3, 0.4) is 0 Å². The van der Waals surface area contributed by atoms with Gasteiger partial charge in [-0.2, -0.15) is 5.10 Å². The monoisotopic (exact) mass is 387 g/mol. The molecule has 1 aliphatic carbocycles. The van der Waals surface area contributed by atoms with Crippen LogP contribution >= 0.6 is 0 Å². The van der Waals surface area contributed by atoms with Crippen LogP contribution in [0.25, 0.3) is 23.2 Å². The largest absolute Gasteiger partial charge is 0.448 e. The number of hydrogen-bond acceptors (Lipinski definition) is 5. The van der Waals surface area contributed by atoms with E-state index in [0.29, 0.717) is 11.8 Å². The molecule has 0 radical (unpaired) electrons. The van der Waals surface area contributed by atoms with Gasteiger partial charge in [-0.05, 0) is 81.1 Å². The number of benzene rings is 1. The van der Waals surface area contributed by atoms with Gasteiger partial charge in [0, 0.05) is 5.56 Å². The van der Waals surface area contributed by atoms with Crippen molar-refractivity contribution in [2.75, 3.05) is 13.1 Å². The molecule has 5 N–H and O–H groups in total. The Morgan fingerprint density at radius 3 is 2.62 bits per heavy atom. The average Bonchev–Trinajstić information content (AvgIpc) is 3.16. The highest BCUT2D eigenvalue weighted by molar-refractivity contribution is 5.64. The van der Waals surface area contributed by atoms with Crippen molar-refractivity contribution in [1.82, 2.24) is 15.1 Å². The van der Waals surface area contributed by atoms with Gasteiger partial charge in [-0.3, -0.25) is 4.68 Å². The minimum Gasteiger partial charge on any atom is -0.448 e. The van der Waals surface area contributed by atoms with Crippen molar-refractivity contribution >= 4 is 11.9 Å². The van der Waals surface area contributed by atoms with Crippen LogP contribution in [0, 0.1) is 0 Å².